The largest absolute Gasteiger partial charge is 0.480 e. The Morgan fingerprint density at radius 2 is 0.967 bits per heavy atom. The summed E-state index contributed by atoms with van der Waals surface area (Å²) in [6, 6.07) is -1.48. The van der Waals surface area contributed by atoms with E-state index in [0.29, 0.717) is 13.0 Å². The molecule has 0 heterocycles. The minimum atomic E-state index is -4.63. The van der Waals surface area contributed by atoms with Gasteiger partial charge in [0.15, 0.2) is 0 Å². The molecule has 0 bridgehead atoms. The number of hydrogen-bond donors (Lipinski definition) is 3. The van der Waals surface area contributed by atoms with Crippen molar-refractivity contribution in [2.45, 2.75) is 225 Å². The van der Waals surface area contributed by atoms with Crippen LogP contribution in [0, 0.1) is 0 Å². The number of ether oxygens (including phenoxy) is 2. The average molecular weight is 868 g/mol. The minimum Gasteiger partial charge on any atom is -0.480 e. The lowest BCUT2D eigenvalue weighted by molar-refractivity contribution is -0.154. The Labute approximate surface area is 367 Å². The standard InChI is InChI=1S/C49H90NO9P/c1-3-5-7-9-11-13-15-17-19-21-22-23-24-26-28-30-32-34-36-38-40-42-56-43-46(44-57-60(54,55)58-45-47(50)49(52)53)59-48(51)41-39-37-35-33-31-29-27-25-20-18-16-14-12-10-8-6-4-2/h6,8,12,14,18,20,27,29,46-47H,3-5,7,9-11,13,15-17,19,21-26,28,30-45,50H2,1-2H3,(H,52,53)(H,54,55)/b8-6-,14-12-,20-18-,29-27-. The summed E-state index contributed by atoms with van der Waals surface area (Å²) < 4.78 is 33.4. The third-order valence-corrected chi connectivity index (χ3v) is 11.3. The van der Waals surface area contributed by atoms with Crippen LogP contribution in [0.5, 0.6) is 0 Å². The molecule has 60 heavy (non-hydrogen) atoms. The van der Waals surface area contributed by atoms with Crippen LogP contribution in [0.1, 0.15) is 213 Å². The second-order valence-corrected chi connectivity index (χ2v) is 17.7. The van der Waals surface area contributed by atoms with Gasteiger partial charge >= 0.3 is 19.8 Å². The monoisotopic (exact) mass is 868 g/mol. The van der Waals surface area contributed by atoms with E-state index in [1.807, 2.05) is 0 Å². The number of rotatable bonds is 46. The zero-order chi connectivity index (χ0) is 44.0. The maximum absolute atomic E-state index is 12.7. The van der Waals surface area contributed by atoms with Gasteiger partial charge in [0.25, 0.3) is 0 Å². The van der Waals surface area contributed by atoms with E-state index in [2.05, 4.69) is 62.5 Å². The highest BCUT2D eigenvalue weighted by Crippen LogP contribution is 2.43. The normalized spacial score (nSPS) is 14.2. The van der Waals surface area contributed by atoms with Gasteiger partial charge in [0.2, 0.25) is 0 Å². The van der Waals surface area contributed by atoms with Crippen molar-refractivity contribution in [2.24, 2.45) is 5.73 Å². The maximum Gasteiger partial charge on any atom is 0.472 e. The second kappa shape index (κ2) is 45.0. The highest BCUT2D eigenvalue weighted by Gasteiger charge is 2.27. The number of carboxylic acids is 1. The van der Waals surface area contributed by atoms with Crippen molar-refractivity contribution < 1.29 is 42.7 Å². The number of hydrogen-bond acceptors (Lipinski definition) is 8. The first kappa shape index (κ1) is 57.9. The van der Waals surface area contributed by atoms with E-state index in [-0.39, 0.29) is 13.0 Å². The highest BCUT2D eigenvalue weighted by molar-refractivity contribution is 7.47. The number of carbonyl (C=O) groups is 2. The number of nitrogens with two attached hydrogens (primary N) is 1. The van der Waals surface area contributed by atoms with Gasteiger partial charge in [0.1, 0.15) is 12.1 Å². The molecule has 3 atom stereocenters. The van der Waals surface area contributed by atoms with E-state index in [1.54, 1.807) is 0 Å². The zero-order valence-electron chi connectivity index (χ0n) is 38.3. The lowest BCUT2D eigenvalue weighted by atomic mass is 10.0. The summed E-state index contributed by atoms with van der Waals surface area (Å²) in [6.07, 6.45) is 53.1. The van der Waals surface area contributed by atoms with Crippen LogP contribution in [-0.2, 0) is 32.7 Å². The number of phosphoric ester groups is 1. The van der Waals surface area contributed by atoms with Gasteiger partial charge in [0, 0.05) is 13.0 Å². The van der Waals surface area contributed by atoms with Gasteiger partial charge < -0.3 is 25.2 Å². The molecular formula is C49H90NO9P. The fraction of sp³-hybridized carbons (Fsp3) is 0.796. The van der Waals surface area contributed by atoms with Crippen LogP contribution in [0.4, 0.5) is 0 Å². The Morgan fingerprint density at radius 3 is 1.45 bits per heavy atom. The third-order valence-electron chi connectivity index (χ3n) is 10.4. The van der Waals surface area contributed by atoms with Crippen molar-refractivity contribution in [1.82, 2.24) is 0 Å². The Balaban J connectivity index is 4.18. The Kier molecular flexibility index (Phi) is 43.4. The number of unbranched alkanes of at least 4 members (excludes halogenated alkanes) is 24. The Morgan fingerprint density at radius 1 is 0.550 bits per heavy atom. The highest BCUT2D eigenvalue weighted by atomic mass is 31.2. The number of carboxylic acid groups (broad SMARTS) is 1. The second-order valence-electron chi connectivity index (χ2n) is 16.2. The van der Waals surface area contributed by atoms with Gasteiger partial charge in [-0.15, -0.1) is 0 Å². The molecule has 0 fully saturated rings. The molecular weight excluding hydrogens is 778 g/mol. The molecule has 350 valence electrons. The van der Waals surface area contributed by atoms with Crippen LogP contribution >= 0.6 is 7.82 Å². The van der Waals surface area contributed by atoms with Crippen molar-refractivity contribution in [3.63, 3.8) is 0 Å². The van der Waals surface area contributed by atoms with Gasteiger partial charge in [-0.1, -0.05) is 204 Å². The minimum absolute atomic E-state index is 0.00837. The average Bonchev–Trinajstić information content (AvgIpc) is 3.23. The van der Waals surface area contributed by atoms with Crippen LogP contribution in [0.25, 0.3) is 0 Å². The molecule has 0 aliphatic heterocycles. The van der Waals surface area contributed by atoms with E-state index in [4.69, 9.17) is 29.4 Å². The molecule has 4 N–H and O–H groups in total. The summed E-state index contributed by atoms with van der Waals surface area (Å²) in [6.45, 7) is 3.77. The predicted octanol–water partition coefficient (Wildman–Crippen LogP) is 13.8. The van der Waals surface area contributed by atoms with Crippen molar-refractivity contribution >= 4 is 19.8 Å². The van der Waals surface area contributed by atoms with Crippen LogP contribution in [-0.4, -0.2) is 60.5 Å². The lowest BCUT2D eigenvalue weighted by Gasteiger charge is -2.20. The summed E-state index contributed by atoms with van der Waals surface area (Å²) in [5.41, 5.74) is 5.37. The van der Waals surface area contributed by atoms with Gasteiger partial charge in [0.05, 0.1) is 19.8 Å². The van der Waals surface area contributed by atoms with E-state index < -0.39 is 45.1 Å². The van der Waals surface area contributed by atoms with E-state index >= 15 is 0 Å². The molecule has 0 rings (SSSR count). The maximum atomic E-state index is 12.7. The molecule has 0 aromatic rings. The number of esters is 1. The molecule has 0 radical (unpaired) electrons. The Bertz CT molecular complexity index is 1140. The van der Waals surface area contributed by atoms with Crippen molar-refractivity contribution in [1.29, 1.82) is 0 Å². The van der Waals surface area contributed by atoms with Gasteiger partial charge in [-0.3, -0.25) is 18.6 Å². The molecule has 0 spiro atoms. The summed E-state index contributed by atoms with van der Waals surface area (Å²) in [5.74, 6) is -1.80. The lowest BCUT2D eigenvalue weighted by Crippen LogP contribution is -2.34. The number of allylic oxidation sites excluding steroid dienone is 8. The molecule has 0 aromatic carbocycles. The Hall–Kier alpha value is -2.07. The molecule has 3 unspecified atom stereocenters. The fourth-order valence-corrected chi connectivity index (χ4v) is 7.43. The zero-order valence-corrected chi connectivity index (χ0v) is 39.2. The molecule has 0 aliphatic carbocycles. The number of aliphatic carboxylic acids is 1. The SMILES string of the molecule is CC/C=C\C/C=C\C/C=C\C/C=C\CCCCCCC(=O)OC(COCCCCCCCCCCCCCCCCCCCCCCC)COP(=O)(O)OCC(N)C(=O)O. The molecule has 0 aromatic heterocycles. The summed E-state index contributed by atoms with van der Waals surface area (Å²) in [7, 11) is -4.63. The van der Waals surface area contributed by atoms with Crippen molar-refractivity contribution in [2.75, 3.05) is 26.4 Å². The van der Waals surface area contributed by atoms with Crippen LogP contribution in [0.3, 0.4) is 0 Å². The smallest absolute Gasteiger partial charge is 0.472 e. The topological polar surface area (TPSA) is 155 Å². The molecule has 0 saturated carbocycles. The summed E-state index contributed by atoms with van der Waals surface area (Å²) >= 11 is 0. The number of phosphoric acid groups is 1. The van der Waals surface area contributed by atoms with Crippen molar-refractivity contribution in [3.05, 3.63) is 48.6 Å². The quantitative estimate of drug-likeness (QED) is 0.0233. The van der Waals surface area contributed by atoms with Crippen LogP contribution in [0.15, 0.2) is 48.6 Å². The van der Waals surface area contributed by atoms with E-state index in [0.717, 1.165) is 70.6 Å². The van der Waals surface area contributed by atoms with Gasteiger partial charge in [-0.25, -0.2) is 4.57 Å². The third kappa shape index (κ3) is 44.0. The van der Waals surface area contributed by atoms with E-state index in [9.17, 15) is 19.0 Å². The molecule has 0 amide bonds. The summed E-state index contributed by atoms with van der Waals surface area (Å²) in [4.78, 5) is 33.6. The predicted molar refractivity (Wildman–Crippen MR) is 249 cm³/mol. The summed E-state index contributed by atoms with van der Waals surface area (Å²) in [5, 5.41) is 8.91. The van der Waals surface area contributed by atoms with Gasteiger partial charge in [-0.2, -0.15) is 0 Å². The van der Waals surface area contributed by atoms with Crippen LogP contribution < -0.4 is 5.73 Å². The van der Waals surface area contributed by atoms with E-state index in [1.165, 1.54) is 116 Å². The fourth-order valence-electron chi connectivity index (χ4n) is 6.65. The first-order valence-corrected chi connectivity index (χ1v) is 25.7. The molecule has 0 saturated heterocycles. The van der Waals surface area contributed by atoms with Crippen LogP contribution in [0.2, 0.25) is 0 Å². The first-order valence-electron chi connectivity index (χ1n) is 24.2. The molecule has 0 aliphatic rings. The molecule has 10 nitrogen and oxygen atoms in total. The number of carbonyl (C=O) groups excluding carboxylic acids is 1. The van der Waals surface area contributed by atoms with Crippen molar-refractivity contribution in [3.8, 4) is 0 Å². The van der Waals surface area contributed by atoms with Gasteiger partial charge in [-0.05, 0) is 51.4 Å². The first-order chi connectivity index (χ1) is 29.2. The molecule has 11 heteroatoms.